The van der Waals surface area contributed by atoms with Crippen LogP contribution in [-0.4, -0.2) is 18.0 Å². The number of benzene rings is 2. The minimum Gasteiger partial charge on any atom is -0.306 e. The number of nitrogens with zero attached hydrogens (tertiary/aromatic N) is 2. The van der Waals surface area contributed by atoms with Crippen molar-refractivity contribution in [2.45, 2.75) is 17.9 Å². The van der Waals surface area contributed by atoms with Gasteiger partial charge in [0.15, 0.2) is 0 Å². The molecule has 0 aliphatic carbocycles. The van der Waals surface area contributed by atoms with Gasteiger partial charge in [-0.05, 0) is 36.8 Å². The maximum atomic E-state index is 13.7. The molecule has 0 aliphatic heterocycles. The Bertz CT molecular complexity index is 923. The average molecular weight is 345 g/mol. The Hall–Kier alpha value is -2.51. The van der Waals surface area contributed by atoms with E-state index < -0.39 is 21.9 Å². The molecule has 24 heavy (non-hydrogen) atoms. The first-order valence-electron chi connectivity index (χ1n) is 7.32. The highest BCUT2D eigenvalue weighted by molar-refractivity contribution is 7.89. The molecule has 3 aromatic rings. The summed E-state index contributed by atoms with van der Waals surface area (Å²) in [5.41, 5.74) is 1.69. The van der Waals surface area contributed by atoms with Crippen molar-refractivity contribution in [3.63, 3.8) is 0 Å². The van der Waals surface area contributed by atoms with Crippen LogP contribution in [0.2, 0.25) is 0 Å². The molecule has 1 heterocycles. The summed E-state index contributed by atoms with van der Waals surface area (Å²) in [7, 11) is -3.93. The summed E-state index contributed by atoms with van der Waals surface area (Å²) in [5.74, 6) is -0.771. The van der Waals surface area contributed by atoms with Crippen molar-refractivity contribution in [3.8, 4) is 5.69 Å². The largest absolute Gasteiger partial charge is 0.306 e. The van der Waals surface area contributed by atoms with Crippen LogP contribution >= 0.6 is 0 Å². The third-order valence-corrected chi connectivity index (χ3v) is 5.23. The van der Waals surface area contributed by atoms with E-state index in [-0.39, 0.29) is 4.90 Å². The quantitative estimate of drug-likeness (QED) is 0.773. The molecule has 1 aromatic heterocycles. The summed E-state index contributed by atoms with van der Waals surface area (Å²) < 4.78 is 42.7. The second-order valence-corrected chi connectivity index (χ2v) is 7.02. The Balaban J connectivity index is 1.80. The van der Waals surface area contributed by atoms with Crippen molar-refractivity contribution in [3.05, 3.63) is 78.6 Å². The van der Waals surface area contributed by atoms with Gasteiger partial charge in [-0.1, -0.05) is 24.3 Å². The minimum atomic E-state index is -3.93. The van der Waals surface area contributed by atoms with Crippen LogP contribution in [0.25, 0.3) is 5.69 Å². The first-order chi connectivity index (χ1) is 11.5. The van der Waals surface area contributed by atoms with Crippen molar-refractivity contribution in [2.24, 2.45) is 0 Å². The second-order valence-electron chi connectivity index (χ2n) is 5.33. The zero-order valence-corrected chi connectivity index (χ0v) is 13.7. The highest BCUT2D eigenvalue weighted by atomic mass is 32.2. The fraction of sp³-hybridized carbons (Fsp3) is 0.118. The number of halogens is 1. The van der Waals surface area contributed by atoms with Gasteiger partial charge in [-0.2, -0.15) is 0 Å². The Morgan fingerprint density at radius 1 is 1.12 bits per heavy atom. The lowest BCUT2D eigenvalue weighted by molar-refractivity contribution is 0.547. The average Bonchev–Trinajstić information content (AvgIpc) is 3.09. The van der Waals surface area contributed by atoms with Gasteiger partial charge in [0, 0.05) is 24.1 Å². The van der Waals surface area contributed by atoms with Crippen LogP contribution in [0.4, 0.5) is 4.39 Å². The molecule has 0 aliphatic rings. The number of rotatable bonds is 5. The van der Waals surface area contributed by atoms with Gasteiger partial charge in [0.2, 0.25) is 10.0 Å². The number of nitrogens with one attached hydrogen (secondary N) is 1. The SMILES string of the molecule is C[C@H](NS(=O)(=O)c1ccccc1F)c1ccc(-n2ccnc2)cc1. The topological polar surface area (TPSA) is 64.0 Å². The monoisotopic (exact) mass is 345 g/mol. The summed E-state index contributed by atoms with van der Waals surface area (Å²) >= 11 is 0. The predicted octanol–water partition coefficient (Wildman–Crippen LogP) is 3.05. The molecule has 2 aromatic carbocycles. The van der Waals surface area contributed by atoms with Gasteiger partial charge < -0.3 is 4.57 Å². The van der Waals surface area contributed by atoms with Gasteiger partial charge >= 0.3 is 0 Å². The first-order valence-corrected chi connectivity index (χ1v) is 8.81. The Labute approximate surface area is 139 Å². The van der Waals surface area contributed by atoms with Crippen LogP contribution in [0.1, 0.15) is 18.5 Å². The van der Waals surface area contributed by atoms with E-state index >= 15 is 0 Å². The lowest BCUT2D eigenvalue weighted by Crippen LogP contribution is -2.27. The van der Waals surface area contributed by atoms with E-state index in [2.05, 4.69) is 9.71 Å². The van der Waals surface area contributed by atoms with E-state index in [0.29, 0.717) is 0 Å². The lowest BCUT2D eigenvalue weighted by atomic mass is 10.1. The maximum absolute atomic E-state index is 13.7. The summed E-state index contributed by atoms with van der Waals surface area (Å²) in [4.78, 5) is 3.63. The van der Waals surface area contributed by atoms with E-state index in [0.717, 1.165) is 17.3 Å². The molecular formula is C17H16FN3O2S. The van der Waals surface area contributed by atoms with E-state index in [1.54, 1.807) is 19.4 Å². The molecule has 1 atom stereocenters. The number of imidazole rings is 1. The van der Waals surface area contributed by atoms with Gasteiger partial charge in [0.05, 0.1) is 6.33 Å². The standard InChI is InChI=1S/C17H16FN3O2S/c1-13(20-24(22,23)17-5-3-2-4-16(17)18)14-6-8-15(9-7-14)21-11-10-19-12-21/h2-13,20H,1H3/t13-/m0/s1. The van der Waals surface area contributed by atoms with E-state index in [1.165, 1.54) is 18.2 Å². The molecule has 7 heteroatoms. The van der Waals surface area contributed by atoms with Gasteiger partial charge in [0.25, 0.3) is 0 Å². The number of hydrogen-bond donors (Lipinski definition) is 1. The van der Waals surface area contributed by atoms with Gasteiger partial charge in [0.1, 0.15) is 10.7 Å². The van der Waals surface area contributed by atoms with Crippen molar-refractivity contribution in [1.29, 1.82) is 0 Å². The fourth-order valence-electron chi connectivity index (χ4n) is 2.37. The van der Waals surface area contributed by atoms with Gasteiger partial charge in [-0.3, -0.25) is 0 Å². The van der Waals surface area contributed by atoms with Crippen LogP contribution in [0.15, 0.2) is 72.1 Å². The number of aromatic nitrogens is 2. The maximum Gasteiger partial charge on any atom is 0.244 e. The van der Waals surface area contributed by atoms with Gasteiger partial charge in [-0.15, -0.1) is 0 Å². The summed E-state index contributed by atoms with van der Waals surface area (Å²) in [5, 5.41) is 0. The molecule has 124 valence electrons. The molecule has 0 fully saturated rings. The molecule has 3 rings (SSSR count). The first kappa shape index (κ1) is 16.4. The number of sulfonamides is 1. The molecule has 0 saturated carbocycles. The number of hydrogen-bond acceptors (Lipinski definition) is 3. The third-order valence-electron chi connectivity index (χ3n) is 3.65. The Morgan fingerprint density at radius 2 is 1.83 bits per heavy atom. The Kier molecular flexibility index (Phi) is 4.46. The van der Waals surface area contributed by atoms with Crippen molar-refractivity contribution in [1.82, 2.24) is 14.3 Å². The summed E-state index contributed by atoms with van der Waals surface area (Å²) in [6.45, 7) is 1.71. The summed E-state index contributed by atoms with van der Waals surface area (Å²) in [6, 6.07) is 12.2. The molecule has 5 nitrogen and oxygen atoms in total. The van der Waals surface area contributed by atoms with Crippen molar-refractivity contribution < 1.29 is 12.8 Å². The molecule has 0 saturated heterocycles. The van der Waals surface area contributed by atoms with Crippen LogP contribution in [0.5, 0.6) is 0 Å². The van der Waals surface area contributed by atoms with E-state index in [1.807, 2.05) is 35.0 Å². The zero-order valence-electron chi connectivity index (χ0n) is 12.9. The van der Waals surface area contributed by atoms with Crippen LogP contribution in [-0.2, 0) is 10.0 Å². The normalized spacial score (nSPS) is 12.9. The van der Waals surface area contributed by atoms with Gasteiger partial charge in [-0.25, -0.2) is 22.5 Å². The highest BCUT2D eigenvalue weighted by Gasteiger charge is 2.21. The fourth-order valence-corrected chi connectivity index (χ4v) is 3.68. The van der Waals surface area contributed by atoms with Crippen LogP contribution < -0.4 is 4.72 Å². The predicted molar refractivity (Wildman–Crippen MR) is 88.7 cm³/mol. The van der Waals surface area contributed by atoms with Crippen molar-refractivity contribution in [2.75, 3.05) is 0 Å². The molecule has 0 spiro atoms. The van der Waals surface area contributed by atoms with E-state index in [4.69, 9.17) is 0 Å². The van der Waals surface area contributed by atoms with E-state index in [9.17, 15) is 12.8 Å². The zero-order chi connectivity index (χ0) is 17.2. The smallest absolute Gasteiger partial charge is 0.244 e. The third kappa shape index (κ3) is 3.37. The summed E-state index contributed by atoms with van der Waals surface area (Å²) in [6.07, 6.45) is 5.18. The molecular weight excluding hydrogens is 329 g/mol. The molecule has 0 radical (unpaired) electrons. The van der Waals surface area contributed by atoms with Crippen molar-refractivity contribution >= 4 is 10.0 Å². The highest BCUT2D eigenvalue weighted by Crippen LogP contribution is 2.20. The molecule has 0 amide bonds. The lowest BCUT2D eigenvalue weighted by Gasteiger charge is -2.15. The van der Waals surface area contributed by atoms with Crippen LogP contribution in [0.3, 0.4) is 0 Å². The molecule has 0 bridgehead atoms. The minimum absolute atomic E-state index is 0.355. The Morgan fingerprint density at radius 3 is 2.46 bits per heavy atom. The molecule has 0 unspecified atom stereocenters. The molecule has 1 N–H and O–H groups in total. The van der Waals surface area contributed by atoms with Crippen LogP contribution in [0, 0.1) is 5.82 Å². The second kappa shape index (κ2) is 6.54.